The fourth-order valence-electron chi connectivity index (χ4n) is 2.67. The van der Waals surface area contributed by atoms with Crippen LogP contribution in [0.5, 0.6) is 0 Å². The molecule has 0 amide bonds. The van der Waals surface area contributed by atoms with Crippen molar-refractivity contribution in [2.45, 2.75) is 54.7 Å². The summed E-state index contributed by atoms with van der Waals surface area (Å²) in [5.74, 6) is -14.5. The second-order valence-corrected chi connectivity index (χ2v) is 8.43. The number of rotatable bonds is 4. The van der Waals surface area contributed by atoms with Crippen LogP contribution in [0.2, 0.25) is 0 Å². The zero-order valence-electron chi connectivity index (χ0n) is 13.0. The summed E-state index contributed by atoms with van der Waals surface area (Å²) >= 11 is 0. The fourth-order valence-corrected chi connectivity index (χ4v) is 4.33. The Kier molecular flexibility index (Phi) is 4.19. The van der Waals surface area contributed by atoms with Crippen LogP contribution < -0.4 is 0 Å². The van der Waals surface area contributed by atoms with Crippen LogP contribution in [0.15, 0.2) is 23.1 Å². The Hall–Kier alpha value is -1.24. The van der Waals surface area contributed by atoms with E-state index < -0.39 is 55.6 Å². The molecule has 0 aromatic carbocycles. The van der Waals surface area contributed by atoms with Gasteiger partial charge in [0.25, 0.3) is 0 Å². The first-order chi connectivity index (χ1) is 11.2. The van der Waals surface area contributed by atoms with Crippen molar-refractivity contribution in [3.05, 3.63) is 23.1 Å². The zero-order chi connectivity index (χ0) is 20.6. The van der Waals surface area contributed by atoms with Crippen molar-refractivity contribution in [1.82, 2.24) is 0 Å². The van der Waals surface area contributed by atoms with E-state index in [0.29, 0.717) is 6.08 Å². The maximum atomic E-state index is 13.9. The Morgan fingerprint density at radius 1 is 0.923 bits per heavy atom. The Balaban J connectivity index is 2.57. The third kappa shape index (κ3) is 2.65. The lowest BCUT2D eigenvalue weighted by atomic mass is 10.0. The monoisotopic (exact) mass is 418 g/mol. The van der Waals surface area contributed by atoms with Crippen LogP contribution in [-0.4, -0.2) is 42.9 Å². The molecule has 0 radical (unpaired) electrons. The molecule has 2 rings (SSSR count). The second kappa shape index (κ2) is 5.18. The number of alkyl halides is 9. The maximum absolute atomic E-state index is 13.9. The van der Waals surface area contributed by atoms with Crippen molar-refractivity contribution < 1.29 is 52.7 Å². The fraction of sp³-hybridized carbons (Fsp3) is 0.692. The Morgan fingerprint density at radius 2 is 1.42 bits per heavy atom. The summed E-state index contributed by atoms with van der Waals surface area (Å²) in [5.41, 5.74) is -3.14. The minimum Gasteiger partial charge on any atom is -0.356 e. The van der Waals surface area contributed by atoms with Gasteiger partial charge in [-0.05, 0) is 19.9 Å². The third-order valence-electron chi connectivity index (χ3n) is 3.99. The summed E-state index contributed by atoms with van der Waals surface area (Å²) in [7, 11) is -6.59. The van der Waals surface area contributed by atoms with Gasteiger partial charge < -0.3 is 4.74 Å². The van der Waals surface area contributed by atoms with Crippen LogP contribution in [-0.2, 0) is 14.6 Å². The molecule has 0 saturated carbocycles. The van der Waals surface area contributed by atoms with E-state index in [0.717, 1.165) is 0 Å². The topological polar surface area (TPSA) is 43.4 Å². The van der Waals surface area contributed by atoms with Crippen molar-refractivity contribution in [2.75, 3.05) is 0 Å². The summed E-state index contributed by atoms with van der Waals surface area (Å²) in [4.78, 5) is -1.42. The molecule has 2 atom stereocenters. The molecule has 150 valence electrons. The highest BCUT2D eigenvalue weighted by Crippen LogP contribution is 2.57. The molecule has 0 aliphatic carbocycles. The average Bonchev–Trinajstić information content (AvgIpc) is 2.64. The van der Waals surface area contributed by atoms with E-state index in [1.165, 1.54) is 26.0 Å². The van der Waals surface area contributed by atoms with Gasteiger partial charge in [0.1, 0.15) is 5.60 Å². The summed E-state index contributed by atoms with van der Waals surface area (Å²) in [6, 6.07) is 0. The van der Waals surface area contributed by atoms with Gasteiger partial charge in [-0.1, -0.05) is 12.2 Å². The number of ether oxygens (including phenoxy) is 1. The summed E-state index contributed by atoms with van der Waals surface area (Å²) in [6.07, 6.45) is -5.10. The van der Waals surface area contributed by atoms with Gasteiger partial charge in [0.15, 0.2) is 0 Å². The van der Waals surface area contributed by atoms with Crippen LogP contribution >= 0.6 is 0 Å². The van der Waals surface area contributed by atoms with E-state index in [-0.39, 0.29) is 0 Å². The molecule has 2 aliphatic heterocycles. The molecule has 3 nitrogen and oxygen atoms in total. The van der Waals surface area contributed by atoms with E-state index in [1.54, 1.807) is 0 Å². The predicted octanol–water partition coefficient (Wildman–Crippen LogP) is 4.22. The second-order valence-electron chi connectivity index (χ2n) is 6.39. The molecule has 26 heavy (non-hydrogen) atoms. The summed E-state index contributed by atoms with van der Waals surface area (Å²) in [6.45, 7) is 2.38. The van der Waals surface area contributed by atoms with Crippen LogP contribution in [0.1, 0.15) is 20.3 Å². The molecule has 2 aliphatic rings. The van der Waals surface area contributed by atoms with Crippen LogP contribution in [0, 0.1) is 0 Å². The van der Waals surface area contributed by atoms with E-state index in [9.17, 15) is 47.9 Å². The lowest BCUT2D eigenvalue weighted by molar-refractivity contribution is -0.382. The molecule has 2 heterocycles. The minimum absolute atomic E-state index is 0.476. The van der Waals surface area contributed by atoms with E-state index in [2.05, 4.69) is 0 Å². The van der Waals surface area contributed by atoms with Gasteiger partial charge in [-0.3, -0.25) is 0 Å². The largest absolute Gasteiger partial charge is 0.460 e. The summed E-state index contributed by atoms with van der Waals surface area (Å²) < 4.78 is 146. The molecule has 0 aromatic rings. The average molecular weight is 418 g/mol. The van der Waals surface area contributed by atoms with Crippen molar-refractivity contribution >= 4 is 9.84 Å². The van der Waals surface area contributed by atoms with Crippen LogP contribution in [0.3, 0.4) is 0 Å². The van der Waals surface area contributed by atoms with Gasteiger partial charge in [0.2, 0.25) is 9.84 Å². The SMILES string of the molecule is C[C@]12C=C[C@](C)(CC(S(=O)(=O)C(F)(F)C(F)(F)C(F)(F)C(F)(F)F)=C1)O2. The highest BCUT2D eigenvalue weighted by molar-refractivity contribution is 7.96. The smallest absolute Gasteiger partial charge is 0.356 e. The third-order valence-corrected chi connectivity index (χ3v) is 5.88. The van der Waals surface area contributed by atoms with E-state index in [4.69, 9.17) is 4.74 Å². The Labute approximate surface area is 141 Å². The minimum atomic E-state index is -7.28. The number of fused-ring (bicyclic) bond motifs is 2. The molecular weight excluding hydrogens is 407 g/mol. The summed E-state index contributed by atoms with van der Waals surface area (Å²) in [5, 5.41) is -6.73. The van der Waals surface area contributed by atoms with Crippen molar-refractivity contribution in [2.24, 2.45) is 0 Å². The Morgan fingerprint density at radius 3 is 1.85 bits per heavy atom. The van der Waals surface area contributed by atoms with Gasteiger partial charge in [0.05, 0.1) is 10.5 Å². The predicted molar refractivity (Wildman–Crippen MR) is 69.6 cm³/mol. The Bertz CT molecular complexity index is 781. The van der Waals surface area contributed by atoms with Crippen LogP contribution in [0.25, 0.3) is 0 Å². The van der Waals surface area contributed by atoms with Gasteiger partial charge in [-0.15, -0.1) is 0 Å². The van der Waals surface area contributed by atoms with E-state index >= 15 is 0 Å². The first-order valence-electron chi connectivity index (χ1n) is 6.80. The molecule has 2 bridgehead atoms. The lowest BCUT2D eigenvalue weighted by Gasteiger charge is -2.38. The molecule has 0 aromatic heterocycles. The van der Waals surface area contributed by atoms with Crippen LogP contribution in [0.4, 0.5) is 39.5 Å². The van der Waals surface area contributed by atoms with Crippen molar-refractivity contribution in [3.63, 3.8) is 0 Å². The molecule has 0 fully saturated rings. The normalized spacial score (nSPS) is 30.5. The number of halogens is 9. The number of sulfone groups is 1. The van der Waals surface area contributed by atoms with Crippen molar-refractivity contribution in [3.8, 4) is 0 Å². The molecule has 13 heteroatoms. The highest BCUT2D eigenvalue weighted by atomic mass is 32.2. The van der Waals surface area contributed by atoms with Gasteiger partial charge in [-0.25, -0.2) is 8.42 Å². The zero-order valence-corrected chi connectivity index (χ0v) is 13.8. The molecule has 0 unspecified atom stereocenters. The first-order valence-corrected chi connectivity index (χ1v) is 8.28. The maximum Gasteiger partial charge on any atom is 0.460 e. The van der Waals surface area contributed by atoms with E-state index in [1.807, 2.05) is 0 Å². The van der Waals surface area contributed by atoms with Gasteiger partial charge in [-0.2, -0.15) is 39.5 Å². The first kappa shape index (κ1) is 21.1. The van der Waals surface area contributed by atoms with Crippen molar-refractivity contribution in [1.29, 1.82) is 0 Å². The molecule has 0 saturated heterocycles. The molecule has 0 N–H and O–H groups in total. The van der Waals surface area contributed by atoms with Gasteiger partial charge >= 0.3 is 23.3 Å². The molecular formula is C13H11F9O3S. The lowest BCUT2D eigenvalue weighted by Crippen LogP contribution is -2.63. The highest BCUT2D eigenvalue weighted by Gasteiger charge is 2.85. The number of hydrogen-bond donors (Lipinski definition) is 0. The van der Waals surface area contributed by atoms with Gasteiger partial charge in [0, 0.05) is 6.42 Å². The quantitative estimate of drug-likeness (QED) is 0.507. The standard InChI is InChI=1S/C13H11F9O3S/c1-8-3-4-9(2,25-8)6-7(5-8)26(23,24)13(21,22)11(16,17)10(14,15)12(18,19)20/h3-5H,6H2,1-2H3/t8-,9+/m0/s1. The molecule has 0 spiro atoms. The number of hydrogen-bond acceptors (Lipinski definition) is 3.